The number of amides is 1. The van der Waals surface area contributed by atoms with Crippen LogP contribution in [0.4, 0.5) is 18.0 Å². The molecule has 1 saturated carbocycles. The molecule has 5 rings (SSSR count). The summed E-state index contributed by atoms with van der Waals surface area (Å²) in [6, 6.07) is 10.1. The van der Waals surface area contributed by atoms with Crippen molar-refractivity contribution in [2.75, 3.05) is 19.7 Å². The quantitative estimate of drug-likeness (QED) is 0.283. The molecule has 2 aliphatic rings. The molecule has 0 spiro atoms. The lowest BCUT2D eigenvalue weighted by molar-refractivity contribution is -0.155. The van der Waals surface area contributed by atoms with Gasteiger partial charge in [-0.25, -0.2) is 13.2 Å². The van der Waals surface area contributed by atoms with Crippen LogP contribution in [0.25, 0.3) is 10.6 Å². The summed E-state index contributed by atoms with van der Waals surface area (Å²) in [5.41, 5.74) is -0.601. The maximum atomic E-state index is 13.2. The number of hydrogen-bond donors (Lipinski definition) is 3. The first kappa shape index (κ1) is 30.0. The first-order valence-corrected chi connectivity index (χ1v) is 15.2. The largest absolute Gasteiger partial charge is 0.480 e. The molecule has 1 aliphatic heterocycles. The minimum absolute atomic E-state index is 0.0126. The van der Waals surface area contributed by atoms with Gasteiger partial charge in [-0.1, -0.05) is 29.4 Å². The van der Waals surface area contributed by atoms with Crippen LogP contribution >= 0.6 is 11.3 Å². The zero-order chi connectivity index (χ0) is 30.3. The Morgan fingerprint density at radius 3 is 2.67 bits per heavy atom. The Morgan fingerprint density at radius 2 is 2.00 bits per heavy atom. The Morgan fingerprint density at radius 1 is 1.24 bits per heavy atom. The van der Waals surface area contributed by atoms with Gasteiger partial charge in [0.05, 0.1) is 17.6 Å². The summed E-state index contributed by atoms with van der Waals surface area (Å²) in [5.74, 6) is -3.38. The molecule has 1 aromatic carbocycles. The van der Waals surface area contributed by atoms with E-state index in [2.05, 4.69) is 14.4 Å². The maximum absolute atomic E-state index is 13.2. The van der Waals surface area contributed by atoms with E-state index in [4.69, 9.17) is 4.74 Å². The average molecular weight is 630 g/mol. The molecular weight excluding hydrogens is 603 g/mol. The van der Waals surface area contributed by atoms with E-state index in [9.17, 15) is 41.4 Å². The first-order valence-electron chi connectivity index (χ1n) is 12.9. The standard InChI is InChI=1S/C26H26F3N3O8S2/c27-26(28,29)21-12-19(30-40-21)20-7-8-22(41-20)42(37,38)31-25(23(34)35)13-18(25)17-6-2-1-4-15(17)5-3-11-39-24(36)32-10-9-16(33)14-32/h1-2,4,6-8,12,16,18,31,33H,3,5,9-11,13-14H2,(H,34,35)/t16-,18-,25?/m1/s1. The second-order valence-electron chi connectivity index (χ2n) is 10.1. The van der Waals surface area contributed by atoms with Gasteiger partial charge in [0, 0.05) is 25.1 Å². The second kappa shape index (κ2) is 11.3. The second-order valence-corrected chi connectivity index (χ2v) is 13.1. The van der Waals surface area contributed by atoms with Crippen molar-refractivity contribution in [2.24, 2.45) is 0 Å². The van der Waals surface area contributed by atoms with Crippen LogP contribution in [0.5, 0.6) is 0 Å². The van der Waals surface area contributed by atoms with E-state index < -0.39 is 51.6 Å². The van der Waals surface area contributed by atoms with Crippen molar-refractivity contribution < 1.29 is 50.7 Å². The van der Waals surface area contributed by atoms with Crippen LogP contribution in [-0.2, 0) is 32.2 Å². The molecule has 1 aliphatic carbocycles. The third kappa shape index (κ3) is 6.16. The molecule has 2 aromatic heterocycles. The van der Waals surface area contributed by atoms with Crippen LogP contribution in [0.2, 0.25) is 0 Å². The summed E-state index contributed by atoms with van der Waals surface area (Å²) in [5, 5.41) is 23.0. The normalized spacial score (nSPS) is 22.3. The van der Waals surface area contributed by atoms with E-state index >= 15 is 0 Å². The predicted molar refractivity (Wildman–Crippen MR) is 141 cm³/mol. The van der Waals surface area contributed by atoms with E-state index in [0.717, 1.165) is 11.6 Å². The number of carbonyl (C=O) groups excluding carboxylic acids is 1. The fourth-order valence-corrected chi connectivity index (χ4v) is 7.63. The van der Waals surface area contributed by atoms with Gasteiger partial charge < -0.3 is 24.4 Å². The van der Waals surface area contributed by atoms with Gasteiger partial charge in [-0.3, -0.25) is 4.79 Å². The van der Waals surface area contributed by atoms with E-state index in [1.165, 1.54) is 11.0 Å². The van der Waals surface area contributed by atoms with Crippen LogP contribution in [0, 0.1) is 0 Å². The van der Waals surface area contributed by atoms with E-state index in [1.807, 2.05) is 0 Å². The Labute approximate surface area is 241 Å². The Kier molecular flexibility index (Phi) is 8.08. The van der Waals surface area contributed by atoms with E-state index in [0.29, 0.717) is 48.8 Å². The number of halogens is 3. The summed E-state index contributed by atoms with van der Waals surface area (Å²) in [6.07, 6.45) is -4.46. The van der Waals surface area contributed by atoms with E-state index in [-0.39, 0.29) is 34.4 Å². The summed E-state index contributed by atoms with van der Waals surface area (Å²) >= 11 is 0.630. The molecule has 2 fully saturated rings. The van der Waals surface area contributed by atoms with Gasteiger partial charge in [-0.15, -0.1) is 11.3 Å². The van der Waals surface area contributed by atoms with Gasteiger partial charge in [0.25, 0.3) is 10.0 Å². The highest BCUT2D eigenvalue weighted by Crippen LogP contribution is 2.53. The molecule has 1 unspecified atom stereocenters. The lowest BCUT2D eigenvalue weighted by Crippen LogP contribution is -2.44. The van der Waals surface area contributed by atoms with Gasteiger partial charge >= 0.3 is 18.2 Å². The third-order valence-electron chi connectivity index (χ3n) is 7.22. The molecule has 3 N–H and O–H groups in total. The maximum Gasteiger partial charge on any atom is 0.452 e. The Bertz CT molecular complexity index is 1590. The number of carbonyl (C=O) groups is 2. The van der Waals surface area contributed by atoms with Gasteiger partial charge in [-0.05, 0) is 48.9 Å². The fraction of sp³-hybridized carbons (Fsp3) is 0.423. The molecule has 3 heterocycles. The zero-order valence-electron chi connectivity index (χ0n) is 21.8. The van der Waals surface area contributed by atoms with Crippen molar-refractivity contribution in [3.05, 3.63) is 59.4 Å². The van der Waals surface area contributed by atoms with Crippen molar-refractivity contribution in [1.82, 2.24) is 14.8 Å². The molecule has 3 atom stereocenters. The van der Waals surface area contributed by atoms with Crippen molar-refractivity contribution >= 4 is 33.4 Å². The Balaban J connectivity index is 1.25. The smallest absolute Gasteiger partial charge is 0.452 e. The number of ether oxygens (including phenoxy) is 1. The fourth-order valence-electron chi connectivity index (χ4n) is 4.97. The van der Waals surface area contributed by atoms with Gasteiger partial charge in [0.2, 0.25) is 5.76 Å². The molecule has 226 valence electrons. The highest BCUT2D eigenvalue weighted by molar-refractivity contribution is 7.91. The summed E-state index contributed by atoms with van der Waals surface area (Å²) in [4.78, 5) is 26.0. The average Bonchev–Trinajstić information content (AvgIpc) is 3.38. The molecule has 0 bridgehead atoms. The van der Waals surface area contributed by atoms with Crippen molar-refractivity contribution in [2.45, 2.75) is 53.6 Å². The van der Waals surface area contributed by atoms with Crippen LogP contribution in [0.15, 0.2) is 51.2 Å². The highest BCUT2D eigenvalue weighted by atomic mass is 32.2. The summed E-state index contributed by atoms with van der Waals surface area (Å²) in [6.45, 7) is 0.754. The van der Waals surface area contributed by atoms with Gasteiger partial charge in [0.15, 0.2) is 0 Å². The molecule has 1 amide bonds. The molecule has 11 nitrogen and oxygen atoms in total. The minimum Gasteiger partial charge on any atom is -0.480 e. The highest BCUT2D eigenvalue weighted by Gasteiger charge is 2.63. The molecule has 16 heteroatoms. The van der Waals surface area contributed by atoms with Crippen LogP contribution in [-0.4, -0.2) is 72.1 Å². The number of aliphatic hydroxyl groups excluding tert-OH is 1. The number of carboxylic acid groups (broad SMARTS) is 1. The van der Waals surface area contributed by atoms with Crippen LogP contribution < -0.4 is 4.72 Å². The van der Waals surface area contributed by atoms with Crippen LogP contribution in [0.1, 0.15) is 42.1 Å². The zero-order valence-corrected chi connectivity index (χ0v) is 23.5. The van der Waals surface area contributed by atoms with Gasteiger partial charge in [0.1, 0.15) is 15.4 Å². The molecule has 3 aromatic rings. The lowest BCUT2D eigenvalue weighted by atomic mass is 9.97. The number of benzene rings is 1. The van der Waals surface area contributed by atoms with Crippen molar-refractivity contribution in [3.8, 4) is 10.6 Å². The topological polar surface area (TPSA) is 159 Å². The summed E-state index contributed by atoms with van der Waals surface area (Å²) < 4.78 is 76.6. The minimum atomic E-state index is -4.76. The number of sulfonamides is 1. The van der Waals surface area contributed by atoms with Crippen LogP contribution in [0.3, 0.4) is 0 Å². The monoisotopic (exact) mass is 629 g/mol. The number of β-amino-alcohol motifs (C(OH)–C–C–N with tert-alkyl or cyclic N) is 1. The summed E-state index contributed by atoms with van der Waals surface area (Å²) in [7, 11) is -4.38. The number of nitrogens with zero attached hydrogens (tertiary/aromatic N) is 2. The molecular formula is C26H26F3N3O8S2. The van der Waals surface area contributed by atoms with E-state index in [1.54, 1.807) is 24.3 Å². The number of aliphatic carboxylic acids is 1. The number of rotatable bonds is 10. The number of aliphatic hydroxyl groups is 1. The number of hydrogen-bond acceptors (Lipinski definition) is 9. The number of likely N-dealkylation sites (tertiary alicyclic amines) is 1. The van der Waals surface area contributed by atoms with Crippen molar-refractivity contribution in [1.29, 1.82) is 0 Å². The molecule has 42 heavy (non-hydrogen) atoms. The SMILES string of the molecule is O=C(OCCCc1ccccc1[C@H]1CC1(NS(=O)(=O)c1ccc(-c2cc(C(F)(F)F)on2)s1)C(=O)O)N1CC[C@@H](O)C1. The lowest BCUT2D eigenvalue weighted by Gasteiger charge is -2.17. The number of thiophene rings is 1. The number of nitrogens with one attached hydrogen (secondary N) is 1. The number of aromatic nitrogens is 1. The number of alkyl halides is 3. The van der Waals surface area contributed by atoms with Gasteiger partial charge in [-0.2, -0.15) is 17.9 Å². The Hall–Kier alpha value is -3.47. The number of aryl methyl sites for hydroxylation is 1. The first-order chi connectivity index (χ1) is 19.8. The predicted octanol–water partition coefficient (Wildman–Crippen LogP) is 3.85. The number of carboxylic acids is 1. The molecule has 0 radical (unpaired) electrons. The van der Waals surface area contributed by atoms with Crippen molar-refractivity contribution in [3.63, 3.8) is 0 Å². The molecule has 1 saturated heterocycles. The third-order valence-corrected chi connectivity index (χ3v) is 10.3.